The summed E-state index contributed by atoms with van der Waals surface area (Å²) in [5, 5.41) is 12.0. The van der Waals surface area contributed by atoms with Crippen LogP contribution in [0, 0.1) is 0 Å². The minimum absolute atomic E-state index is 0.0766. The number of amides is 2. The smallest absolute Gasteiger partial charge is 0.334 e. The van der Waals surface area contributed by atoms with Crippen LogP contribution in [0.4, 0.5) is 4.79 Å². The number of carboxylic acid groups (broad SMARTS) is 1. The van der Waals surface area contributed by atoms with Gasteiger partial charge in [0.05, 0.1) is 13.2 Å². The number of nitrogens with zero attached hydrogens (tertiary/aromatic N) is 2. The minimum Gasteiger partial charge on any atom is -0.479 e. The number of carbonyl (C=O) groups is 2. The Morgan fingerprint density at radius 2 is 1.93 bits per heavy atom. The van der Waals surface area contributed by atoms with Crippen LogP contribution < -0.4 is 5.32 Å². The van der Waals surface area contributed by atoms with Gasteiger partial charge in [-0.15, -0.1) is 0 Å². The zero-order valence-electron chi connectivity index (χ0n) is 16.6. The molecule has 28 heavy (non-hydrogen) atoms. The number of hydrogen-bond acceptors (Lipinski definition) is 4. The van der Waals surface area contributed by atoms with Gasteiger partial charge < -0.3 is 20.1 Å². The Morgan fingerprint density at radius 1 is 1.21 bits per heavy atom. The lowest BCUT2D eigenvalue weighted by molar-refractivity contribution is -0.154. The molecule has 2 amide bonds. The highest BCUT2D eigenvalue weighted by molar-refractivity contribution is 5.77. The molecule has 7 heteroatoms. The molecule has 154 valence electrons. The van der Waals surface area contributed by atoms with Crippen LogP contribution in [-0.2, 0) is 22.6 Å². The number of rotatable bonds is 6. The van der Waals surface area contributed by atoms with E-state index in [0.717, 1.165) is 12.1 Å². The lowest BCUT2D eigenvalue weighted by Crippen LogP contribution is -2.51. The van der Waals surface area contributed by atoms with Crippen molar-refractivity contribution < 1.29 is 19.4 Å². The maximum atomic E-state index is 12.5. The van der Waals surface area contributed by atoms with Crippen molar-refractivity contribution in [3.63, 3.8) is 0 Å². The summed E-state index contributed by atoms with van der Waals surface area (Å²) < 4.78 is 5.18. The number of carboxylic acids is 1. The van der Waals surface area contributed by atoms with E-state index in [1.54, 1.807) is 0 Å². The van der Waals surface area contributed by atoms with Crippen molar-refractivity contribution in [1.29, 1.82) is 0 Å². The van der Waals surface area contributed by atoms with Gasteiger partial charge in [-0.25, -0.2) is 9.59 Å². The second-order valence-corrected chi connectivity index (χ2v) is 7.78. The zero-order valence-corrected chi connectivity index (χ0v) is 16.6. The molecule has 2 N–H and O–H groups in total. The predicted octanol–water partition coefficient (Wildman–Crippen LogP) is 2.45. The number of aliphatic carboxylic acids is 1. The third kappa shape index (κ3) is 5.45. The normalized spacial score (nSPS) is 20.9. The van der Waals surface area contributed by atoms with Crippen molar-refractivity contribution in [2.24, 2.45) is 0 Å². The van der Waals surface area contributed by atoms with E-state index < -0.39 is 12.1 Å². The van der Waals surface area contributed by atoms with Crippen LogP contribution in [0.15, 0.2) is 24.3 Å². The largest absolute Gasteiger partial charge is 0.479 e. The van der Waals surface area contributed by atoms with Crippen molar-refractivity contribution in [3.8, 4) is 0 Å². The van der Waals surface area contributed by atoms with E-state index in [4.69, 9.17) is 9.84 Å². The molecule has 0 spiro atoms. The number of carbonyl (C=O) groups excluding carboxylic acids is 1. The molecule has 1 aromatic rings. The van der Waals surface area contributed by atoms with Gasteiger partial charge in [-0.1, -0.05) is 43.5 Å². The standard InChI is InChI=1S/C21H31N3O4/c1-23(18-9-3-2-4-10-18)14-17-8-6-5-7-16(17)13-22-21(27)24-11-12-28-19(15-24)20(25)26/h5-8,18-19H,2-4,9-15H2,1H3,(H,22,27)(H,25,26). The van der Waals surface area contributed by atoms with Gasteiger partial charge in [0.2, 0.25) is 0 Å². The summed E-state index contributed by atoms with van der Waals surface area (Å²) >= 11 is 0. The first-order valence-corrected chi connectivity index (χ1v) is 10.2. The van der Waals surface area contributed by atoms with Gasteiger partial charge in [0, 0.05) is 25.7 Å². The molecule has 2 fully saturated rings. The highest BCUT2D eigenvalue weighted by atomic mass is 16.5. The lowest BCUT2D eigenvalue weighted by Gasteiger charge is -2.32. The lowest BCUT2D eigenvalue weighted by atomic mass is 9.94. The second kappa shape index (κ2) is 9.89. The molecular weight excluding hydrogens is 358 g/mol. The van der Waals surface area contributed by atoms with Crippen molar-refractivity contribution in [2.75, 3.05) is 26.7 Å². The summed E-state index contributed by atoms with van der Waals surface area (Å²) in [6, 6.07) is 8.58. The van der Waals surface area contributed by atoms with Crippen LogP contribution >= 0.6 is 0 Å². The van der Waals surface area contributed by atoms with E-state index in [-0.39, 0.29) is 19.2 Å². The average Bonchev–Trinajstić information content (AvgIpc) is 2.73. The Balaban J connectivity index is 1.55. The molecule has 1 atom stereocenters. The van der Waals surface area contributed by atoms with E-state index in [2.05, 4.69) is 23.3 Å². The van der Waals surface area contributed by atoms with Gasteiger partial charge in [-0.3, -0.25) is 4.90 Å². The molecule has 1 heterocycles. The minimum atomic E-state index is -1.03. The van der Waals surface area contributed by atoms with E-state index in [0.29, 0.717) is 19.1 Å². The first kappa shape index (κ1) is 20.6. The SMILES string of the molecule is CN(Cc1ccccc1CNC(=O)N1CCOC(C(=O)O)C1)C1CCCCC1. The number of ether oxygens (including phenoxy) is 1. The Morgan fingerprint density at radius 3 is 2.64 bits per heavy atom. The third-order valence-corrected chi connectivity index (χ3v) is 5.80. The molecule has 3 rings (SSSR count). The Bertz CT molecular complexity index is 675. The van der Waals surface area contributed by atoms with E-state index in [1.807, 2.05) is 18.2 Å². The van der Waals surface area contributed by atoms with Gasteiger partial charge in [-0.05, 0) is 31.0 Å². The van der Waals surface area contributed by atoms with Crippen molar-refractivity contribution in [2.45, 2.75) is 57.3 Å². The van der Waals surface area contributed by atoms with Crippen LogP contribution in [0.1, 0.15) is 43.2 Å². The van der Waals surface area contributed by atoms with Crippen LogP contribution in [0.3, 0.4) is 0 Å². The van der Waals surface area contributed by atoms with E-state index >= 15 is 0 Å². The van der Waals surface area contributed by atoms with Crippen LogP contribution in [0.2, 0.25) is 0 Å². The van der Waals surface area contributed by atoms with E-state index in [1.165, 1.54) is 42.6 Å². The third-order valence-electron chi connectivity index (χ3n) is 5.80. The molecule has 0 bridgehead atoms. The Labute approximate surface area is 166 Å². The topological polar surface area (TPSA) is 82.1 Å². The number of benzene rings is 1. The van der Waals surface area contributed by atoms with Crippen molar-refractivity contribution >= 4 is 12.0 Å². The molecule has 1 aliphatic heterocycles. The summed E-state index contributed by atoms with van der Waals surface area (Å²) in [5.41, 5.74) is 2.32. The molecule has 1 saturated carbocycles. The molecule has 1 unspecified atom stereocenters. The van der Waals surface area contributed by atoms with Gasteiger partial charge in [-0.2, -0.15) is 0 Å². The zero-order chi connectivity index (χ0) is 19.9. The Hall–Kier alpha value is -2.12. The van der Waals surface area contributed by atoms with Crippen molar-refractivity contribution in [1.82, 2.24) is 15.1 Å². The number of urea groups is 1. The monoisotopic (exact) mass is 389 g/mol. The van der Waals surface area contributed by atoms with Gasteiger partial charge in [0.25, 0.3) is 0 Å². The number of hydrogen-bond donors (Lipinski definition) is 2. The molecule has 2 aliphatic rings. The van der Waals surface area contributed by atoms with Crippen LogP contribution in [0.5, 0.6) is 0 Å². The molecule has 0 radical (unpaired) electrons. The molecular formula is C21H31N3O4. The fraction of sp³-hybridized carbons (Fsp3) is 0.619. The number of morpholine rings is 1. The maximum Gasteiger partial charge on any atom is 0.334 e. The molecule has 1 aliphatic carbocycles. The fourth-order valence-corrected chi connectivity index (χ4v) is 4.07. The molecule has 1 saturated heterocycles. The highest BCUT2D eigenvalue weighted by Crippen LogP contribution is 2.23. The van der Waals surface area contributed by atoms with E-state index in [9.17, 15) is 9.59 Å². The predicted molar refractivity (Wildman–Crippen MR) is 106 cm³/mol. The average molecular weight is 389 g/mol. The quantitative estimate of drug-likeness (QED) is 0.781. The summed E-state index contributed by atoms with van der Waals surface area (Å²) in [5.74, 6) is -1.03. The van der Waals surface area contributed by atoms with Gasteiger partial charge in [0.1, 0.15) is 0 Å². The van der Waals surface area contributed by atoms with Crippen LogP contribution in [-0.4, -0.2) is 65.8 Å². The van der Waals surface area contributed by atoms with Gasteiger partial charge >= 0.3 is 12.0 Å². The van der Waals surface area contributed by atoms with Crippen molar-refractivity contribution in [3.05, 3.63) is 35.4 Å². The number of nitrogens with one attached hydrogen (secondary N) is 1. The maximum absolute atomic E-state index is 12.5. The Kier molecular flexibility index (Phi) is 7.28. The second-order valence-electron chi connectivity index (χ2n) is 7.78. The van der Waals surface area contributed by atoms with Gasteiger partial charge in [0.15, 0.2) is 6.10 Å². The highest BCUT2D eigenvalue weighted by Gasteiger charge is 2.29. The summed E-state index contributed by atoms with van der Waals surface area (Å²) in [4.78, 5) is 27.5. The summed E-state index contributed by atoms with van der Waals surface area (Å²) in [7, 11) is 2.19. The fourth-order valence-electron chi connectivity index (χ4n) is 4.07. The summed E-state index contributed by atoms with van der Waals surface area (Å²) in [6.07, 6.45) is 5.54. The summed E-state index contributed by atoms with van der Waals surface area (Å²) in [6.45, 7) is 2.03. The first-order valence-electron chi connectivity index (χ1n) is 10.2. The molecule has 7 nitrogen and oxygen atoms in total. The van der Waals surface area contributed by atoms with Crippen LogP contribution in [0.25, 0.3) is 0 Å². The molecule has 0 aromatic heterocycles. The molecule has 1 aromatic carbocycles. The first-order chi connectivity index (χ1) is 13.5.